The Hall–Kier alpha value is -2.55. The number of unbranched alkanes of at least 4 members (excludes halogenated alkanes) is 15. The number of amides is 1. The fourth-order valence-corrected chi connectivity index (χ4v) is 4.62. The molecule has 0 aliphatic heterocycles. The summed E-state index contributed by atoms with van der Waals surface area (Å²) in [4.78, 5) is 12.2. The van der Waals surface area contributed by atoms with Gasteiger partial charge in [0.2, 0.25) is 5.91 Å². The van der Waals surface area contributed by atoms with Crippen LogP contribution in [0.2, 0.25) is 0 Å². The molecule has 0 spiro atoms. The summed E-state index contributed by atoms with van der Waals surface area (Å²) in [7, 11) is 0. The number of rotatable bonds is 20. The van der Waals surface area contributed by atoms with E-state index in [2.05, 4.69) is 24.4 Å². The number of phenols is 1. The third-order valence-corrected chi connectivity index (χ3v) is 6.83. The highest BCUT2D eigenvalue weighted by Crippen LogP contribution is 2.17. The van der Waals surface area contributed by atoms with Crippen molar-refractivity contribution in [3.8, 4) is 5.75 Å². The van der Waals surface area contributed by atoms with Gasteiger partial charge in [0.15, 0.2) is 0 Å². The number of carbonyl (C=O) groups is 1. The molecule has 198 valence electrons. The van der Waals surface area contributed by atoms with Crippen molar-refractivity contribution < 1.29 is 9.90 Å². The summed E-state index contributed by atoms with van der Waals surface area (Å²) in [6.45, 7) is 2.28. The normalized spacial score (nSPS) is 11.2. The van der Waals surface area contributed by atoms with E-state index in [1.807, 2.05) is 12.1 Å². The second-order valence-electron chi connectivity index (χ2n) is 10.2. The van der Waals surface area contributed by atoms with Gasteiger partial charge in [0.25, 0.3) is 0 Å². The SMILES string of the molecule is CCCCCCCCCCCCCCCCCCc1cccc(NC(=O)C=Cc2ccc(O)cc2)c1. The van der Waals surface area contributed by atoms with Gasteiger partial charge >= 0.3 is 0 Å². The zero-order chi connectivity index (χ0) is 25.7. The summed E-state index contributed by atoms with van der Waals surface area (Å²) < 4.78 is 0. The molecule has 2 aromatic carbocycles. The summed E-state index contributed by atoms with van der Waals surface area (Å²) in [5.74, 6) is 0.0698. The molecule has 0 bridgehead atoms. The average molecular weight is 492 g/mol. The highest BCUT2D eigenvalue weighted by molar-refractivity contribution is 6.01. The predicted molar refractivity (Wildman–Crippen MR) is 155 cm³/mol. The van der Waals surface area contributed by atoms with Crippen LogP contribution in [-0.2, 0) is 11.2 Å². The predicted octanol–water partition coefficient (Wildman–Crippen LogP) is 9.85. The number of aromatic hydroxyl groups is 1. The average Bonchev–Trinajstić information content (AvgIpc) is 2.88. The van der Waals surface area contributed by atoms with Crippen LogP contribution in [0.3, 0.4) is 0 Å². The van der Waals surface area contributed by atoms with Crippen molar-refractivity contribution in [2.45, 2.75) is 116 Å². The third kappa shape index (κ3) is 14.8. The van der Waals surface area contributed by atoms with Crippen LogP contribution in [0.4, 0.5) is 5.69 Å². The first kappa shape index (κ1) is 29.7. The monoisotopic (exact) mass is 491 g/mol. The lowest BCUT2D eigenvalue weighted by Crippen LogP contribution is -2.07. The first-order valence-electron chi connectivity index (χ1n) is 14.5. The van der Waals surface area contributed by atoms with Crippen LogP contribution in [0.25, 0.3) is 6.08 Å². The van der Waals surface area contributed by atoms with Crippen LogP contribution >= 0.6 is 0 Å². The zero-order valence-electron chi connectivity index (χ0n) is 22.6. The van der Waals surface area contributed by atoms with Crippen LogP contribution in [0, 0.1) is 0 Å². The molecule has 2 aromatic rings. The summed E-state index contributed by atoms with van der Waals surface area (Å²) in [5.41, 5.74) is 2.99. The number of phenolic OH excluding ortho intramolecular Hbond substituents is 1. The van der Waals surface area contributed by atoms with Gasteiger partial charge in [0.1, 0.15) is 5.75 Å². The smallest absolute Gasteiger partial charge is 0.248 e. The lowest BCUT2D eigenvalue weighted by molar-refractivity contribution is -0.111. The van der Waals surface area contributed by atoms with Crippen molar-refractivity contribution >= 4 is 17.7 Å². The number of benzene rings is 2. The van der Waals surface area contributed by atoms with Crippen LogP contribution in [-0.4, -0.2) is 11.0 Å². The van der Waals surface area contributed by atoms with E-state index in [0.717, 1.165) is 17.7 Å². The van der Waals surface area contributed by atoms with Crippen LogP contribution in [0.5, 0.6) is 5.75 Å². The first-order valence-corrected chi connectivity index (χ1v) is 14.5. The largest absolute Gasteiger partial charge is 0.508 e. The molecule has 36 heavy (non-hydrogen) atoms. The van der Waals surface area contributed by atoms with Crippen molar-refractivity contribution in [3.63, 3.8) is 0 Å². The number of carbonyl (C=O) groups excluding carboxylic acids is 1. The van der Waals surface area contributed by atoms with Gasteiger partial charge in [-0.25, -0.2) is 0 Å². The van der Waals surface area contributed by atoms with E-state index in [0.29, 0.717) is 0 Å². The molecule has 0 aliphatic carbocycles. The van der Waals surface area contributed by atoms with Crippen molar-refractivity contribution in [1.29, 1.82) is 0 Å². The Morgan fingerprint density at radius 2 is 1.25 bits per heavy atom. The number of hydrogen-bond donors (Lipinski definition) is 2. The molecule has 3 heteroatoms. The second-order valence-corrected chi connectivity index (χ2v) is 10.2. The van der Waals surface area contributed by atoms with Gasteiger partial charge in [0.05, 0.1) is 0 Å². The van der Waals surface area contributed by atoms with E-state index >= 15 is 0 Å². The fraction of sp³-hybridized carbons (Fsp3) is 0.545. The van der Waals surface area contributed by atoms with E-state index in [9.17, 15) is 9.90 Å². The number of aryl methyl sites for hydroxylation is 1. The maximum Gasteiger partial charge on any atom is 0.248 e. The lowest BCUT2D eigenvalue weighted by atomic mass is 10.0. The minimum absolute atomic E-state index is 0.150. The van der Waals surface area contributed by atoms with Crippen molar-refractivity contribution in [2.75, 3.05) is 5.32 Å². The van der Waals surface area contributed by atoms with Gasteiger partial charge in [-0.3, -0.25) is 4.79 Å². The molecule has 0 fully saturated rings. The van der Waals surface area contributed by atoms with E-state index < -0.39 is 0 Å². The molecule has 0 aliphatic rings. The van der Waals surface area contributed by atoms with Crippen molar-refractivity contribution in [1.82, 2.24) is 0 Å². The summed E-state index contributed by atoms with van der Waals surface area (Å²) in [6, 6.07) is 14.9. The Labute approximate surface area is 220 Å². The standard InChI is InChI=1S/C33H49NO2/c1-2-3-4-5-6-7-8-9-10-11-12-13-14-15-16-17-19-30-20-18-21-31(28-30)34-33(36)27-24-29-22-25-32(35)26-23-29/h18,20-28,35H,2-17,19H2,1H3,(H,34,36). The van der Waals surface area contributed by atoms with E-state index in [1.165, 1.54) is 114 Å². The third-order valence-electron chi connectivity index (χ3n) is 6.83. The Morgan fingerprint density at radius 3 is 1.81 bits per heavy atom. The molecule has 2 N–H and O–H groups in total. The zero-order valence-corrected chi connectivity index (χ0v) is 22.6. The van der Waals surface area contributed by atoms with Gasteiger partial charge in [-0.15, -0.1) is 0 Å². The van der Waals surface area contributed by atoms with Gasteiger partial charge in [-0.2, -0.15) is 0 Å². The van der Waals surface area contributed by atoms with Gasteiger partial charge in [-0.05, 0) is 54.3 Å². The molecule has 2 rings (SSSR count). The minimum Gasteiger partial charge on any atom is -0.508 e. The minimum atomic E-state index is -0.150. The Bertz CT molecular complexity index is 856. The molecular weight excluding hydrogens is 442 g/mol. The summed E-state index contributed by atoms with van der Waals surface area (Å²) >= 11 is 0. The van der Waals surface area contributed by atoms with E-state index in [4.69, 9.17) is 0 Å². The molecule has 0 saturated carbocycles. The Balaban J connectivity index is 1.47. The maximum absolute atomic E-state index is 12.2. The molecule has 3 nitrogen and oxygen atoms in total. The molecule has 0 aromatic heterocycles. The van der Waals surface area contributed by atoms with Gasteiger partial charge < -0.3 is 10.4 Å². The summed E-state index contributed by atoms with van der Waals surface area (Å²) in [6.07, 6.45) is 26.5. The van der Waals surface area contributed by atoms with Gasteiger partial charge in [-0.1, -0.05) is 128 Å². The lowest BCUT2D eigenvalue weighted by Gasteiger charge is -2.06. The van der Waals surface area contributed by atoms with E-state index in [1.54, 1.807) is 30.3 Å². The first-order chi connectivity index (χ1) is 17.7. The van der Waals surface area contributed by atoms with Crippen LogP contribution < -0.4 is 5.32 Å². The Morgan fingerprint density at radius 1 is 0.722 bits per heavy atom. The number of anilines is 1. The molecular formula is C33H49NO2. The van der Waals surface area contributed by atoms with Crippen molar-refractivity contribution in [2.24, 2.45) is 0 Å². The highest BCUT2D eigenvalue weighted by Gasteiger charge is 2.01. The fourth-order valence-electron chi connectivity index (χ4n) is 4.62. The van der Waals surface area contributed by atoms with Crippen molar-refractivity contribution in [3.05, 3.63) is 65.7 Å². The molecule has 0 unspecified atom stereocenters. The molecule has 0 saturated heterocycles. The topological polar surface area (TPSA) is 49.3 Å². The molecule has 0 radical (unpaired) electrons. The second kappa shape index (κ2) is 19.6. The highest BCUT2D eigenvalue weighted by atomic mass is 16.3. The van der Waals surface area contributed by atoms with Crippen LogP contribution in [0.15, 0.2) is 54.6 Å². The van der Waals surface area contributed by atoms with Crippen LogP contribution in [0.1, 0.15) is 121 Å². The van der Waals surface area contributed by atoms with Gasteiger partial charge in [0, 0.05) is 11.8 Å². The maximum atomic E-state index is 12.2. The Kier molecular flexibility index (Phi) is 16.2. The molecule has 0 atom stereocenters. The summed E-state index contributed by atoms with van der Waals surface area (Å²) in [5, 5.41) is 12.3. The molecule has 1 amide bonds. The number of hydrogen-bond acceptors (Lipinski definition) is 2. The van der Waals surface area contributed by atoms with E-state index in [-0.39, 0.29) is 11.7 Å². The number of nitrogens with one attached hydrogen (secondary N) is 1. The molecule has 0 heterocycles. The quantitative estimate of drug-likeness (QED) is 0.143.